The van der Waals surface area contributed by atoms with E-state index < -0.39 is 0 Å². The van der Waals surface area contributed by atoms with Gasteiger partial charge in [0.2, 0.25) is 6.41 Å². The third-order valence-electron chi connectivity index (χ3n) is 3.25. The SMILES string of the molecule is O=CNc1ccc(-c2ccccc2)cc1Cc1nccs1. The monoisotopic (exact) mass is 294 g/mol. The number of amides is 1. The smallest absolute Gasteiger partial charge is 0.211 e. The van der Waals surface area contributed by atoms with E-state index >= 15 is 0 Å². The summed E-state index contributed by atoms with van der Waals surface area (Å²) < 4.78 is 0. The topological polar surface area (TPSA) is 42.0 Å². The fraction of sp³-hybridized carbons (Fsp3) is 0.0588. The molecule has 0 unspecified atom stereocenters. The molecule has 0 spiro atoms. The molecular formula is C17H14N2OS. The van der Waals surface area contributed by atoms with E-state index in [4.69, 9.17) is 0 Å². The molecule has 0 bridgehead atoms. The van der Waals surface area contributed by atoms with Crippen LogP contribution in [0.15, 0.2) is 60.1 Å². The van der Waals surface area contributed by atoms with Crippen LogP contribution in [0.2, 0.25) is 0 Å². The number of thiazole rings is 1. The zero-order chi connectivity index (χ0) is 14.5. The van der Waals surface area contributed by atoms with Crippen LogP contribution >= 0.6 is 11.3 Å². The number of nitrogens with one attached hydrogen (secondary N) is 1. The number of rotatable bonds is 5. The maximum atomic E-state index is 10.8. The molecule has 4 heteroatoms. The maximum Gasteiger partial charge on any atom is 0.211 e. The van der Waals surface area contributed by atoms with Gasteiger partial charge in [0, 0.05) is 23.7 Å². The second-order valence-corrected chi connectivity index (χ2v) is 5.58. The van der Waals surface area contributed by atoms with Crippen LogP contribution in [0.25, 0.3) is 11.1 Å². The standard InChI is InChI=1S/C17H14N2OS/c20-12-19-16-7-6-14(13-4-2-1-3-5-13)10-15(16)11-17-18-8-9-21-17/h1-10,12H,11H2,(H,19,20). The summed E-state index contributed by atoms with van der Waals surface area (Å²) in [5.74, 6) is 0. The summed E-state index contributed by atoms with van der Waals surface area (Å²) in [4.78, 5) is 15.1. The van der Waals surface area contributed by atoms with Gasteiger partial charge in [0.25, 0.3) is 0 Å². The van der Waals surface area contributed by atoms with Crippen molar-refractivity contribution in [1.82, 2.24) is 4.98 Å². The summed E-state index contributed by atoms with van der Waals surface area (Å²) in [6.45, 7) is 0. The van der Waals surface area contributed by atoms with Gasteiger partial charge in [-0.2, -0.15) is 0 Å². The van der Waals surface area contributed by atoms with Gasteiger partial charge in [0.15, 0.2) is 0 Å². The predicted octanol–water partition coefficient (Wildman–Crippen LogP) is 3.97. The number of carbonyl (C=O) groups is 1. The third kappa shape index (κ3) is 3.17. The van der Waals surface area contributed by atoms with Crippen molar-refractivity contribution in [3.8, 4) is 11.1 Å². The lowest BCUT2D eigenvalue weighted by Crippen LogP contribution is -2.00. The lowest BCUT2D eigenvalue weighted by molar-refractivity contribution is -0.105. The van der Waals surface area contributed by atoms with Crippen LogP contribution in [0.3, 0.4) is 0 Å². The molecule has 3 rings (SSSR count). The Kier molecular flexibility index (Phi) is 4.07. The first-order valence-electron chi connectivity index (χ1n) is 6.64. The average molecular weight is 294 g/mol. The first kappa shape index (κ1) is 13.5. The molecule has 0 aliphatic carbocycles. The van der Waals surface area contributed by atoms with Gasteiger partial charge in [-0.3, -0.25) is 4.79 Å². The molecule has 1 heterocycles. The second-order valence-electron chi connectivity index (χ2n) is 4.60. The highest BCUT2D eigenvalue weighted by atomic mass is 32.1. The Morgan fingerprint density at radius 2 is 1.95 bits per heavy atom. The summed E-state index contributed by atoms with van der Waals surface area (Å²) in [7, 11) is 0. The lowest BCUT2D eigenvalue weighted by Gasteiger charge is -2.10. The minimum absolute atomic E-state index is 0.711. The zero-order valence-corrected chi connectivity index (χ0v) is 12.1. The molecule has 0 saturated heterocycles. The molecular weight excluding hydrogens is 280 g/mol. The van der Waals surface area contributed by atoms with E-state index in [0.717, 1.165) is 27.4 Å². The molecule has 3 aromatic rings. The van der Waals surface area contributed by atoms with E-state index in [1.807, 2.05) is 35.7 Å². The predicted molar refractivity (Wildman–Crippen MR) is 86.5 cm³/mol. The highest BCUT2D eigenvalue weighted by molar-refractivity contribution is 7.09. The molecule has 0 aliphatic rings. The Balaban J connectivity index is 1.99. The van der Waals surface area contributed by atoms with Crippen molar-refractivity contribution in [1.29, 1.82) is 0 Å². The number of hydrogen-bond donors (Lipinski definition) is 1. The van der Waals surface area contributed by atoms with Crippen LogP contribution in [0.4, 0.5) is 5.69 Å². The molecule has 1 N–H and O–H groups in total. The minimum atomic E-state index is 0.711. The van der Waals surface area contributed by atoms with Gasteiger partial charge in [-0.15, -0.1) is 11.3 Å². The van der Waals surface area contributed by atoms with Gasteiger partial charge in [-0.25, -0.2) is 4.98 Å². The van der Waals surface area contributed by atoms with E-state index in [1.165, 1.54) is 0 Å². The van der Waals surface area contributed by atoms with E-state index in [1.54, 1.807) is 17.5 Å². The summed E-state index contributed by atoms with van der Waals surface area (Å²) in [6, 6.07) is 16.3. The number of anilines is 1. The molecule has 1 amide bonds. The lowest BCUT2D eigenvalue weighted by atomic mass is 10.0. The highest BCUT2D eigenvalue weighted by Crippen LogP contribution is 2.27. The summed E-state index contributed by atoms with van der Waals surface area (Å²) >= 11 is 1.62. The largest absolute Gasteiger partial charge is 0.328 e. The van der Waals surface area contributed by atoms with E-state index in [0.29, 0.717) is 12.8 Å². The number of hydrogen-bond acceptors (Lipinski definition) is 3. The van der Waals surface area contributed by atoms with Crippen molar-refractivity contribution in [2.75, 3.05) is 5.32 Å². The van der Waals surface area contributed by atoms with Crippen LogP contribution in [-0.4, -0.2) is 11.4 Å². The minimum Gasteiger partial charge on any atom is -0.328 e. The number of benzene rings is 2. The Hall–Kier alpha value is -2.46. The van der Waals surface area contributed by atoms with Crippen molar-refractivity contribution < 1.29 is 4.79 Å². The van der Waals surface area contributed by atoms with Gasteiger partial charge in [-0.05, 0) is 28.8 Å². The molecule has 0 aliphatic heterocycles. The first-order valence-corrected chi connectivity index (χ1v) is 7.51. The molecule has 1 aromatic heterocycles. The number of nitrogens with zero attached hydrogens (tertiary/aromatic N) is 1. The normalized spacial score (nSPS) is 10.3. The fourth-order valence-corrected chi connectivity index (χ4v) is 2.90. The quantitative estimate of drug-likeness (QED) is 0.723. The van der Waals surface area contributed by atoms with Gasteiger partial charge < -0.3 is 5.32 Å². The van der Waals surface area contributed by atoms with Crippen LogP contribution in [0.5, 0.6) is 0 Å². The van der Waals surface area contributed by atoms with Crippen LogP contribution < -0.4 is 5.32 Å². The first-order chi connectivity index (χ1) is 10.4. The molecule has 2 aromatic carbocycles. The van der Waals surface area contributed by atoms with Gasteiger partial charge in [0.05, 0.1) is 5.01 Å². The Labute approximate surface area is 127 Å². The van der Waals surface area contributed by atoms with Crippen molar-refractivity contribution >= 4 is 23.4 Å². The molecule has 0 radical (unpaired) electrons. The second kappa shape index (κ2) is 6.33. The van der Waals surface area contributed by atoms with Crippen molar-refractivity contribution in [3.63, 3.8) is 0 Å². The van der Waals surface area contributed by atoms with E-state index in [-0.39, 0.29) is 0 Å². The molecule has 0 saturated carbocycles. The highest BCUT2D eigenvalue weighted by Gasteiger charge is 2.07. The third-order valence-corrected chi connectivity index (χ3v) is 4.03. The summed E-state index contributed by atoms with van der Waals surface area (Å²) in [5, 5.41) is 5.76. The Morgan fingerprint density at radius 3 is 2.67 bits per heavy atom. The molecule has 0 atom stereocenters. The van der Waals surface area contributed by atoms with E-state index in [9.17, 15) is 4.79 Å². The van der Waals surface area contributed by atoms with Gasteiger partial charge in [0.1, 0.15) is 0 Å². The fourth-order valence-electron chi connectivity index (χ4n) is 2.26. The van der Waals surface area contributed by atoms with Gasteiger partial charge in [-0.1, -0.05) is 36.4 Å². The summed E-state index contributed by atoms with van der Waals surface area (Å²) in [5.41, 5.74) is 4.20. The van der Waals surface area contributed by atoms with Crippen molar-refractivity contribution in [2.45, 2.75) is 6.42 Å². The van der Waals surface area contributed by atoms with Crippen LogP contribution in [-0.2, 0) is 11.2 Å². The Bertz CT molecular complexity index is 724. The number of aromatic nitrogens is 1. The molecule has 104 valence electrons. The van der Waals surface area contributed by atoms with Crippen molar-refractivity contribution in [2.24, 2.45) is 0 Å². The van der Waals surface area contributed by atoms with Gasteiger partial charge >= 0.3 is 0 Å². The molecule has 0 fully saturated rings. The Morgan fingerprint density at radius 1 is 1.10 bits per heavy atom. The average Bonchev–Trinajstić information content (AvgIpc) is 3.03. The molecule has 3 nitrogen and oxygen atoms in total. The van der Waals surface area contributed by atoms with Crippen LogP contribution in [0.1, 0.15) is 10.6 Å². The number of carbonyl (C=O) groups excluding carboxylic acids is 1. The van der Waals surface area contributed by atoms with Crippen LogP contribution in [0, 0.1) is 0 Å². The zero-order valence-electron chi connectivity index (χ0n) is 11.3. The van der Waals surface area contributed by atoms with Crippen molar-refractivity contribution in [3.05, 3.63) is 70.7 Å². The summed E-state index contributed by atoms with van der Waals surface area (Å²) in [6.07, 6.45) is 3.23. The molecule has 21 heavy (non-hydrogen) atoms. The van der Waals surface area contributed by atoms with E-state index in [2.05, 4.69) is 28.5 Å². The maximum absolute atomic E-state index is 10.8.